The van der Waals surface area contributed by atoms with Crippen molar-refractivity contribution in [2.45, 2.75) is 31.8 Å². The molecule has 0 aromatic carbocycles. The van der Waals surface area contributed by atoms with E-state index in [-0.39, 0.29) is 11.9 Å². The van der Waals surface area contributed by atoms with Crippen molar-refractivity contribution in [1.29, 1.82) is 0 Å². The summed E-state index contributed by atoms with van der Waals surface area (Å²) in [5.41, 5.74) is 1.52. The zero-order valence-electron chi connectivity index (χ0n) is 14.4. The SMILES string of the molecule is CC1C(NC(=O)c2cc3c(N(C)C=O)coc3cn2)C2CCN1CC2. The molecule has 0 aliphatic carbocycles. The maximum atomic E-state index is 12.7. The van der Waals surface area contributed by atoms with E-state index in [0.717, 1.165) is 25.9 Å². The maximum absolute atomic E-state index is 12.7. The number of piperidine rings is 3. The number of hydrogen-bond donors (Lipinski definition) is 1. The lowest BCUT2D eigenvalue weighted by molar-refractivity contribution is -0.107. The molecular weight excluding hydrogens is 320 g/mol. The molecule has 2 unspecified atom stereocenters. The molecule has 1 N–H and O–H groups in total. The summed E-state index contributed by atoms with van der Waals surface area (Å²) in [5, 5.41) is 3.88. The molecule has 2 aromatic heterocycles. The summed E-state index contributed by atoms with van der Waals surface area (Å²) in [5.74, 6) is 0.367. The molecule has 7 nitrogen and oxygen atoms in total. The van der Waals surface area contributed by atoms with Crippen LogP contribution in [0.25, 0.3) is 11.0 Å². The number of amides is 2. The fourth-order valence-corrected chi connectivity index (χ4v) is 4.14. The predicted molar refractivity (Wildman–Crippen MR) is 93.5 cm³/mol. The number of rotatable bonds is 4. The Kier molecular flexibility index (Phi) is 3.95. The molecule has 5 heterocycles. The minimum Gasteiger partial charge on any atom is -0.460 e. The van der Waals surface area contributed by atoms with Gasteiger partial charge in [0, 0.05) is 24.5 Å². The molecule has 3 fully saturated rings. The molecule has 132 valence electrons. The van der Waals surface area contributed by atoms with Gasteiger partial charge in [-0.1, -0.05) is 0 Å². The molecule has 2 amide bonds. The normalized spacial score (nSPS) is 28.1. The van der Waals surface area contributed by atoms with Crippen molar-refractivity contribution < 1.29 is 14.0 Å². The van der Waals surface area contributed by atoms with E-state index in [2.05, 4.69) is 22.1 Å². The van der Waals surface area contributed by atoms with Crippen LogP contribution in [0.4, 0.5) is 5.69 Å². The van der Waals surface area contributed by atoms with Gasteiger partial charge in [-0.25, -0.2) is 4.98 Å². The summed E-state index contributed by atoms with van der Waals surface area (Å²) < 4.78 is 5.41. The Bertz CT molecular complexity index is 808. The summed E-state index contributed by atoms with van der Waals surface area (Å²) in [7, 11) is 1.65. The van der Waals surface area contributed by atoms with Crippen LogP contribution in [0.3, 0.4) is 0 Å². The largest absolute Gasteiger partial charge is 0.460 e. The van der Waals surface area contributed by atoms with Crippen molar-refractivity contribution in [2.75, 3.05) is 25.0 Å². The Labute approximate surface area is 146 Å². The summed E-state index contributed by atoms with van der Waals surface area (Å²) in [6.07, 6.45) is 6.01. The lowest BCUT2D eigenvalue weighted by Crippen LogP contribution is -2.62. The third kappa shape index (κ3) is 2.68. The Morgan fingerprint density at radius 2 is 2.20 bits per heavy atom. The van der Waals surface area contributed by atoms with Crippen LogP contribution in [0.2, 0.25) is 0 Å². The third-order valence-corrected chi connectivity index (χ3v) is 5.69. The summed E-state index contributed by atoms with van der Waals surface area (Å²) in [4.78, 5) is 31.9. The van der Waals surface area contributed by atoms with Gasteiger partial charge in [-0.15, -0.1) is 0 Å². The van der Waals surface area contributed by atoms with Gasteiger partial charge >= 0.3 is 0 Å². The second kappa shape index (κ2) is 6.15. The number of anilines is 1. The maximum Gasteiger partial charge on any atom is 0.270 e. The molecule has 0 saturated carbocycles. The van der Waals surface area contributed by atoms with Crippen LogP contribution in [0.5, 0.6) is 0 Å². The molecule has 2 bridgehead atoms. The number of nitrogens with zero attached hydrogens (tertiary/aromatic N) is 3. The van der Waals surface area contributed by atoms with Crippen molar-refractivity contribution in [2.24, 2.45) is 5.92 Å². The predicted octanol–water partition coefficient (Wildman–Crippen LogP) is 1.63. The Hall–Kier alpha value is -2.41. The molecule has 3 aliphatic rings. The quantitative estimate of drug-likeness (QED) is 0.855. The highest BCUT2D eigenvalue weighted by molar-refractivity contribution is 6.01. The number of furan rings is 1. The van der Waals surface area contributed by atoms with Crippen LogP contribution < -0.4 is 10.2 Å². The molecule has 3 saturated heterocycles. The van der Waals surface area contributed by atoms with E-state index in [4.69, 9.17) is 4.42 Å². The van der Waals surface area contributed by atoms with Crippen molar-refractivity contribution in [3.63, 3.8) is 0 Å². The van der Waals surface area contributed by atoms with Gasteiger partial charge in [-0.05, 0) is 44.8 Å². The summed E-state index contributed by atoms with van der Waals surface area (Å²) in [6.45, 7) is 4.43. The van der Waals surface area contributed by atoms with Gasteiger partial charge in [0.2, 0.25) is 6.41 Å². The average molecular weight is 342 g/mol. The fraction of sp³-hybridized carbons (Fsp3) is 0.500. The van der Waals surface area contributed by atoms with Crippen LogP contribution in [0.15, 0.2) is 22.9 Å². The minimum atomic E-state index is -0.173. The van der Waals surface area contributed by atoms with Crippen LogP contribution in [0, 0.1) is 5.92 Å². The van der Waals surface area contributed by atoms with E-state index in [0.29, 0.717) is 40.7 Å². The van der Waals surface area contributed by atoms with Gasteiger partial charge in [0.1, 0.15) is 12.0 Å². The van der Waals surface area contributed by atoms with Crippen LogP contribution in [-0.2, 0) is 4.79 Å². The highest BCUT2D eigenvalue weighted by Crippen LogP contribution is 2.32. The molecule has 7 heteroatoms. The Balaban J connectivity index is 1.58. The Morgan fingerprint density at radius 1 is 1.44 bits per heavy atom. The van der Waals surface area contributed by atoms with E-state index in [1.165, 1.54) is 17.4 Å². The van der Waals surface area contributed by atoms with Crippen molar-refractivity contribution in [1.82, 2.24) is 15.2 Å². The number of pyridine rings is 1. The zero-order valence-corrected chi connectivity index (χ0v) is 14.4. The van der Waals surface area contributed by atoms with Gasteiger partial charge in [0.15, 0.2) is 5.58 Å². The number of nitrogens with one attached hydrogen (secondary N) is 1. The minimum absolute atomic E-state index is 0.161. The highest BCUT2D eigenvalue weighted by atomic mass is 16.3. The molecule has 2 atom stereocenters. The van der Waals surface area contributed by atoms with Crippen LogP contribution in [-0.4, -0.2) is 54.4 Å². The topological polar surface area (TPSA) is 78.7 Å². The second-order valence-electron chi connectivity index (χ2n) is 7.02. The molecular formula is C18H22N4O3. The van der Waals surface area contributed by atoms with E-state index in [9.17, 15) is 9.59 Å². The van der Waals surface area contributed by atoms with Crippen molar-refractivity contribution >= 4 is 29.0 Å². The first kappa shape index (κ1) is 16.1. The van der Waals surface area contributed by atoms with Gasteiger partial charge in [0.05, 0.1) is 11.9 Å². The van der Waals surface area contributed by atoms with Crippen LogP contribution >= 0.6 is 0 Å². The standard InChI is InChI=1S/C18H22N4O3/c1-11-17(12-3-5-22(11)6-4-12)20-18(24)14-7-13-15(21(2)10-23)9-25-16(13)8-19-14/h7-12,17H,3-6H2,1-2H3,(H,20,24). The number of carbonyl (C=O) groups excluding carboxylic acids is 2. The first-order valence-corrected chi connectivity index (χ1v) is 8.69. The third-order valence-electron chi connectivity index (χ3n) is 5.69. The fourth-order valence-electron chi connectivity index (χ4n) is 4.14. The number of carbonyl (C=O) groups is 2. The molecule has 0 spiro atoms. The van der Waals surface area contributed by atoms with Gasteiger partial charge in [-0.2, -0.15) is 0 Å². The molecule has 3 aliphatic heterocycles. The lowest BCUT2D eigenvalue weighted by Gasteiger charge is -2.49. The first-order valence-electron chi connectivity index (χ1n) is 8.69. The van der Waals surface area contributed by atoms with Crippen molar-refractivity contribution in [3.8, 4) is 0 Å². The number of hydrogen-bond acceptors (Lipinski definition) is 5. The number of aromatic nitrogens is 1. The number of fused-ring (bicyclic) bond motifs is 4. The van der Waals surface area contributed by atoms with Gasteiger partial charge < -0.3 is 14.6 Å². The Morgan fingerprint density at radius 3 is 2.88 bits per heavy atom. The van der Waals surface area contributed by atoms with E-state index in [1.54, 1.807) is 13.1 Å². The summed E-state index contributed by atoms with van der Waals surface area (Å²) >= 11 is 0. The van der Waals surface area contributed by atoms with Gasteiger partial charge in [0.25, 0.3) is 5.91 Å². The van der Waals surface area contributed by atoms with E-state index in [1.807, 2.05) is 0 Å². The zero-order chi connectivity index (χ0) is 17.6. The average Bonchev–Trinajstić information content (AvgIpc) is 3.07. The molecule has 2 aromatic rings. The molecule has 5 rings (SSSR count). The monoisotopic (exact) mass is 342 g/mol. The van der Waals surface area contributed by atoms with E-state index >= 15 is 0 Å². The summed E-state index contributed by atoms with van der Waals surface area (Å²) in [6, 6.07) is 2.20. The smallest absolute Gasteiger partial charge is 0.270 e. The highest BCUT2D eigenvalue weighted by Gasteiger charge is 2.40. The lowest BCUT2D eigenvalue weighted by atomic mass is 9.79. The van der Waals surface area contributed by atoms with Crippen LogP contribution in [0.1, 0.15) is 30.3 Å². The second-order valence-corrected chi connectivity index (χ2v) is 7.02. The van der Waals surface area contributed by atoms with Gasteiger partial charge in [-0.3, -0.25) is 14.5 Å². The van der Waals surface area contributed by atoms with E-state index < -0.39 is 0 Å². The molecule has 0 radical (unpaired) electrons. The van der Waals surface area contributed by atoms with Crippen molar-refractivity contribution in [3.05, 3.63) is 24.2 Å². The molecule has 25 heavy (non-hydrogen) atoms. The first-order chi connectivity index (χ1) is 12.1.